The Morgan fingerprint density at radius 1 is 0.950 bits per heavy atom. The molecule has 2 amide bonds. The van der Waals surface area contributed by atoms with E-state index in [0.717, 1.165) is 18.2 Å². The summed E-state index contributed by atoms with van der Waals surface area (Å²) in [4.78, 5) is 28.6. The molecule has 1 atom stereocenters. The molecule has 0 saturated heterocycles. The molecule has 0 aliphatic heterocycles. The molecule has 0 fully saturated rings. The van der Waals surface area contributed by atoms with Crippen molar-refractivity contribution in [3.63, 3.8) is 0 Å². The van der Waals surface area contributed by atoms with Gasteiger partial charge in [-0.05, 0) is 60.4 Å². The molecule has 0 radical (unpaired) electrons. The maximum Gasteiger partial charge on any atom is 0.243 e. The quantitative estimate of drug-likeness (QED) is 0.281. The van der Waals surface area contributed by atoms with E-state index in [2.05, 4.69) is 5.32 Å². The lowest BCUT2D eigenvalue weighted by atomic mass is 10.0. The van der Waals surface area contributed by atoms with Crippen LogP contribution >= 0.6 is 11.6 Å². The van der Waals surface area contributed by atoms with Crippen LogP contribution in [0.2, 0.25) is 5.02 Å². The summed E-state index contributed by atoms with van der Waals surface area (Å²) in [5.41, 5.74) is 2.01. The molecule has 1 unspecified atom stereocenters. The van der Waals surface area contributed by atoms with Crippen molar-refractivity contribution in [1.29, 1.82) is 0 Å². The van der Waals surface area contributed by atoms with Gasteiger partial charge in [0.25, 0.3) is 0 Å². The normalized spacial score (nSPS) is 12.0. The molecule has 3 aromatic rings. The maximum absolute atomic E-state index is 13.7. The first kappa shape index (κ1) is 31.1. The van der Waals surface area contributed by atoms with Crippen LogP contribution in [0.3, 0.4) is 0 Å². The van der Waals surface area contributed by atoms with Crippen LogP contribution < -0.4 is 9.62 Å². The van der Waals surface area contributed by atoms with Crippen molar-refractivity contribution in [2.45, 2.75) is 45.2 Å². The van der Waals surface area contributed by atoms with Crippen LogP contribution in [0.5, 0.6) is 0 Å². The molecule has 0 heterocycles. The van der Waals surface area contributed by atoms with E-state index in [4.69, 9.17) is 11.6 Å². The number of nitrogens with zero attached hydrogens (tertiary/aromatic N) is 2. The van der Waals surface area contributed by atoms with E-state index in [1.807, 2.05) is 37.3 Å². The standard InChI is InChI=1S/C30H35ClFN3O4S/c1-3-19-33-30(37)28(21-23-8-5-4-6-9-23)34(22-24-11-15-26(32)16-12-24)29(36)10-7-20-35(40(2,38)39)27-17-13-25(31)14-18-27/h4-6,8-9,11-18,28H,3,7,10,19-22H2,1-2H3,(H,33,37). The molecular formula is C30H35ClFN3O4S. The van der Waals surface area contributed by atoms with Crippen molar-refractivity contribution in [3.8, 4) is 0 Å². The maximum atomic E-state index is 13.7. The van der Waals surface area contributed by atoms with Gasteiger partial charge in [0.2, 0.25) is 21.8 Å². The van der Waals surface area contributed by atoms with Crippen molar-refractivity contribution >= 4 is 39.1 Å². The van der Waals surface area contributed by atoms with Crippen LogP contribution in [-0.2, 0) is 32.6 Å². The fourth-order valence-electron chi connectivity index (χ4n) is 4.32. The lowest BCUT2D eigenvalue weighted by molar-refractivity contribution is -0.141. The minimum atomic E-state index is -3.62. The molecule has 10 heteroatoms. The number of hydrogen-bond donors (Lipinski definition) is 1. The van der Waals surface area contributed by atoms with Crippen LogP contribution in [0.15, 0.2) is 78.9 Å². The van der Waals surface area contributed by atoms with E-state index < -0.39 is 21.9 Å². The van der Waals surface area contributed by atoms with Gasteiger partial charge in [-0.3, -0.25) is 13.9 Å². The smallest absolute Gasteiger partial charge is 0.243 e. The number of halogens is 2. The Morgan fingerprint density at radius 3 is 2.20 bits per heavy atom. The van der Waals surface area contributed by atoms with E-state index in [1.54, 1.807) is 36.4 Å². The van der Waals surface area contributed by atoms with Gasteiger partial charge in [0.1, 0.15) is 11.9 Å². The molecule has 1 N–H and O–H groups in total. The Hall–Kier alpha value is -3.43. The Balaban J connectivity index is 1.85. The summed E-state index contributed by atoms with van der Waals surface area (Å²) in [5, 5.41) is 3.39. The zero-order valence-corrected chi connectivity index (χ0v) is 24.3. The number of rotatable bonds is 14. The van der Waals surface area contributed by atoms with Crippen LogP contribution in [-0.4, -0.2) is 50.5 Å². The first-order valence-corrected chi connectivity index (χ1v) is 15.4. The number of sulfonamides is 1. The van der Waals surface area contributed by atoms with E-state index in [9.17, 15) is 22.4 Å². The zero-order valence-electron chi connectivity index (χ0n) is 22.7. The summed E-state index contributed by atoms with van der Waals surface area (Å²) in [7, 11) is -3.62. The zero-order chi connectivity index (χ0) is 29.1. The molecule has 0 bridgehead atoms. The SMILES string of the molecule is CCCNC(=O)C(Cc1ccccc1)N(Cc1ccc(F)cc1)C(=O)CCCN(c1ccc(Cl)cc1)S(C)(=O)=O. The lowest BCUT2D eigenvalue weighted by Gasteiger charge is -2.32. The van der Waals surface area contributed by atoms with E-state index in [-0.39, 0.29) is 37.7 Å². The Bertz CT molecular complexity index is 1350. The van der Waals surface area contributed by atoms with Crippen molar-refractivity contribution < 1.29 is 22.4 Å². The van der Waals surface area contributed by atoms with Crippen molar-refractivity contribution in [3.05, 3.63) is 101 Å². The molecule has 40 heavy (non-hydrogen) atoms. The van der Waals surface area contributed by atoms with Gasteiger partial charge in [-0.1, -0.05) is 61.0 Å². The number of amides is 2. The van der Waals surface area contributed by atoms with Crippen molar-refractivity contribution in [1.82, 2.24) is 10.2 Å². The van der Waals surface area contributed by atoms with E-state index in [1.165, 1.54) is 21.3 Å². The van der Waals surface area contributed by atoms with Crippen molar-refractivity contribution in [2.24, 2.45) is 0 Å². The largest absolute Gasteiger partial charge is 0.354 e. The van der Waals surface area contributed by atoms with Gasteiger partial charge in [-0.25, -0.2) is 12.8 Å². The van der Waals surface area contributed by atoms with Crippen LogP contribution in [0.4, 0.5) is 10.1 Å². The Labute approximate surface area is 241 Å². The molecule has 0 spiro atoms. The summed E-state index contributed by atoms with van der Waals surface area (Å²) < 4.78 is 39.8. The van der Waals surface area contributed by atoms with Crippen molar-refractivity contribution in [2.75, 3.05) is 23.7 Å². The van der Waals surface area contributed by atoms with Gasteiger partial charge in [0.15, 0.2) is 0 Å². The molecule has 214 valence electrons. The second kappa shape index (κ2) is 14.8. The second-order valence-electron chi connectivity index (χ2n) is 9.56. The number of benzene rings is 3. The highest BCUT2D eigenvalue weighted by Crippen LogP contribution is 2.22. The molecule has 7 nitrogen and oxygen atoms in total. The predicted molar refractivity (Wildman–Crippen MR) is 157 cm³/mol. The van der Waals surface area contributed by atoms with E-state index >= 15 is 0 Å². The van der Waals surface area contributed by atoms with Gasteiger partial charge >= 0.3 is 0 Å². The Kier molecular flexibility index (Phi) is 11.5. The highest BCUT2D eigenvalue weighted by atomic mass is 35.5. The average molecular weight is 588 g/mol. The fraction of sp³-hybridized carbons (Fsp3) is 0.333. The van der Waals surface area contributed by atoms with Crippen LogP contribution in [0.1, 0.15) is 37.3 Å². The molecule has 0 aliphatic rings. The second-order valence-corrected chi connectivity index (χ2v) is 11.9. The summed E-state index contributed by atoms with van der Waals surface area (Å²) in [6.07, 6.45) is 2.37. The molecule has 0 aliphatic carbocycles. The van der Waals surface area contributed by atoms with Gasteiger partial charge in [0.05, 0.1) is 11.9 Å². The summed E-state index contributed by atoms with van der Waals surface area (Å²) in [5.74, 6) is -0.979. The molecule has 0 aromatic heterocycles. The topological polar surface area (TPSA) is 86.8 Å². The van der Waals surface area contributed by atoms with E-state index in [0.29, 0.717) is 29.2 Å². The summed E-state index contributed by atoms with van der Waals surface area (Å²) >= 11 is 5.96. The number of anilines is 1. The van der Waals surface area contributed by atoms with Gasteiger partial charge < -0.3 is 10.2 Å². The number of nitrogens with one attached hydrogen (secondary N) is 1. The summed E-state index contributed by atoms with van der Waals surface area (Å²) in [6.45, 7) is 2.58. The van der Waals surface area contributed by atoms with Crippen LogP contribution in [0.25, 0.3) is 0 Å². The highest BCUT2D eigenvalue weighted by Gasteiger charge is 2.30. The fourth-order valence-corrected chi connectivity index (χ4v) is 5.41. The van der Waals surface area contributed by atoms with Crippen LogP contribution in [0, 0.1) is 5.82 Å². The number of carbonyl (C=O) groups excluding carboxylic acids is 2. The molecule has 3 aromatic carbocycles. The number of hydrogen-bond acceptors (Lipinski definition) is 4. The average Bonchev–Trinajstić information content (AvgIpc) is 2.93. The van der Waals surface area contributed by atoms with Gasteiger partial charge in [0, 0.05) is 37.5 Å². The monoisotopic (exact) mass is 587 g/mol. The minimum absolute atomic E-state index is 0.00710. The molecule has 0 saturated carbocycles. The Morgan fingerprint density at radius 2 is 1.60 bits per heavy atom. The predicted octanol–water partition coefficient (Wildman–Crippen LogP) is 5.19. The van der Waals surface area contributed by atoms with Gasteiger partial charge in [-0.15, -0.1) is 0 Å². The van der Waals surface area contributed by atoms with Gasteiger partial charge in [-0.2, -0.15) is 0 Å². The lowest BCUT2D eigenvalue weighted by Crippen LogP contribution is -2.50. The third-order valence-corrected chi connectivity index (χ3v) is 7.80. The molecule has 3 rings (SSSR count). The first-order chi connectivity index (χ1) is 19.1. The third-order valence-electron chi connectivity index (χ3n) is 6.35. The highest BCUT2D eigenvalue weighted by molar-refractivity contribution is 7.92. The first-order valence-electron chi connectivity index (χ1n) is 13.2. The molecular weight excluding hydrogens is 553 g/mol. The third kappa shape index (κ3) is 9.34. The summed E-state index contributed by atoms with van der Waals surface area (Å²) in [6, 6.07) is 20.9. The minimum Gasteiger partial charge on any atom is -0.354 e. The number of carbonyl (C=O) groups is 2.